The minimum atomic E-state index is -4.61. The number of nitrogens with two attached hydrogens (primary N) is 1. The maximum atomic E-state index is 14.0. The molecule has 0 atom stereocenters. The van der Waals surface area contributed by atoms with Crippen molar-refractivity contribution in [1.82, 2.24) is 24.8 Å². The number of hydrogen-bond acceptors (Lipinski definition) is 7. The van der Waals surface area contributed by atoms with Crippen molar-refractivity contribution in [1.29, 1.82) is 0 Å². The molecule has 42 heavy (non-hydrogen) atoms. The molecule has 1 amide bonds. The van der Waals surface area contributed by atoms with Gasteiger partial charge in [-0.15, -0.1) is 5.10 Å². The van der Waals surface area contributed by atoms with E-state index in [2.05, 4.69) is 20.5 Å². The van der Waals surface area contributed by atoms with Crippen LogP contribution in [0.2, 0.25) is 0 Å². The van der Waals surface area contributed by atoms with Gasteiger partial charge >= 0.3 is 6.18 Å². The normalized spacial score (nSPS) is 15.1. The molecule has 10 nitrogen and oxygen atoms in total. The molecule has 1 aliphatic heterocycles. The van der Waals surface area contributed by atoms with Crippen molar-refractivity contribution in [3.8, 4) is 16.9 Å². The third kappa shape index (κ3) is 6.85. The highest BCUT2D eigenvalue weighted by molar-refractivity contribution is 7.89. The average molecular weight is 600 g/mol. The van der Waals surface area contributed by atoms with E-state index >= 15 is 0 Å². The summed E-state index contributed by atoms with van der Waals surface area (Å²) in [4.78, 5) is 17.1. The van der Waals surface area contributed by atoms with E-state index in [0.29, 0.717) is 35.7 Å². The van der Waals surface area contributed by atoms with E-state index < -0.39 is 27.7 Å². The molecule has 2 heterocycles. The lowest BCUT2D eigenvalue weighted by atomic mass is 10.0. The number of sulfonamides is 1. The summed E-state index contributed by atoms with van der Waals surface area (Å²) in [5, 5.41) is 16.0. The van der Waals surface area contributed by atoms with Crippen molar-refractivity contribution in [3.63, 3.8) is 0 Å². The van der Waals surface area contributed by atoms with Crippen molar-refractivity contribution in [2.45, 2.75) is 17.6 Å². The van der Waals surface area contributed by atoms with Crippen LogP contribution in [0.15, 0.2) is 77.8 Å². The molecule has 5 rings (SSSR count). The second kappa shape index (κ2) is 11.6. The maximum absolute atomic E-state index is 14.0. The van der Waals surface area contributed by atoms with E-state index in [0.717, 1.165) is 19.2 Å². The van der Waals surface area contributed by atoms with Gasteiger partial charge in [0, 0.05) is 49.5 Å². The number of piperazine rings is 1. The standard InChI is InChI=1S/C28H28F3N7O3S/c1-36-11-13-37(14-12-36)17-21-6-5-20(16-25(21)28(29,30)31)27(39)33-22-4-2-3-19(15-22)26-18-38(35-34-26)23-7-9-24(10-8-23)42(32,40)41/h2-10,15-16,18H,11-14,17H2,1H3,(H,33,39)(H2,32,40,41). The van der Waals surface area contributed by atoms with E-state index in [-0.39, 0.29) is 22.6 Å². The third-order valence-corrected chi connectivity index (χ3v) is 7.94. The summed E-state index contributed by atoms with van der Waals surface area (Å²) < 4.78 is 66.3. The van der Waals surface area contributed by atoms with Gasteiger partial charge in [0.25, 0.3) is 5.91 Å². The quantitative estimate of drug-likeness (QED) is 0.333. The lowest BCUT2D eigenvalue weighted by molar-refractivity contribution is -0.138. The summed E-state index contributed by atoms with van der Waals surface area (Å²) in [6, 6.07) is 16.1. The Bertz CT molecular complexity index is 1700. The number of nitrogens with one attached hydrogen (secondary N) is 1. The fourth-order valence-electron chi connectivity index (χ4n) is 4.64. The summed E-state index contributed by atoms with van der Waals surface area (Å²) in [7, 11) is -1.86. The Hall–Kier alpha value is -4.11. The van der Waals surface area contributed by atoms with Gasteiger partial charge in [-0.1, -0.05) is 23.4 Å². The number of benzene rings is 3. The zero-order valence-electron chi connectivity index (χ0n) is 22.5. The predicted molar refractivity (Wildman–Crippen MR) is 150 cm³/mol. The van der Waals surface area contributed by atoms with Crippen LogP contribution in [0.3, 0.4) is 0 Å². The van der Waals surface area contributed by atoms with Crippen molar-refractivity contribution < 1.29 is 26.4 Å². The number of alkyl halides is 3. The molecule has 0 bridgehead atoms. The number of primary sulfonamides is 1. The Balaban J connectivity index is 1.32. The van der Waals surface area contributed by atoms with E-state index in [1.54, 1.807) is 30.5 Å². The Morgan fingerprint density at radius 3 is 2.38 bits per heavy atom. The summed E-state index contributed by atoms with van der Waals surface area (Å²) in [5.74, 6) is -0.678. The first kappa shape index (κ1) is 29.4. The molecule has 0 saturated carbocycles. The number of anilines is 1. The molecule has 0 spiro atoms. The minimum Gasteiger partial charge on any atom is -0.322 e. The molecule has 220 valence electrons. The van der Waals surface area contributed by atoms with Gasteiger partial charge in [-0.3, -0.25) is 9.69 Å². The maximum Gasteiger partial charge on any atom is 0.416 e. The van der Waals surface area contributed by atoms with E-state index in [9.17, 15) is 26.4 Å². The van der Waals surface area contributed by atoms with Crippen LogP contribution in [0.25, 0.3) is 16.9 Å². The monoisotopic (exact) mass is 599 g/mol. The molecule has 1 aliphatic rings. The number of carbonyl (C=O) groups is 1. The molecule has 0 radical (unpaired) electrons. The van der Waals surface area contributed by atoms with Gasteiger partial charge in [-0.05, 0) is 61.1 Å². The molecule has 3 N–H and O–H groups in total. The largest absolute Gasteiger partial charge is 0.416 e. The first-order valence-electron chi connectivity index (χ1n) is 13.0. The van der Waals surface area contributed by atoms with Gasteiger partial charge in [0.2, 0.25) is 10.0 Å². The summed E-state index contributed by atoms with van der Waals surface area (Å²) >= 11 is 0. The SMILES string of the molecule is CN1CCN(Cc2ccc(C(=O)Nc3cccc(-c4cn(-c5ccc(S(N)(=O)=O)cc5)nn4)c3)cc2C(F)(F)F)CC1. The van der Waals surface area contributed by atoms with Crippen LogP contribution in [0.4, 0.5) is 18.9 Å². The van der Waals surface area contributed by atoms with E-state index in [1.165, 1.54) is 41.1 Å². The van der Waals surface area contributed by atoms with Crippen molar-refractivity contribution in [2.75, 3.05) is 38.5 Å². The van der Waals surface area contributed by atoms with Crippen LogP contribution in [0.5, 0.6) is 0 Å². The van der Waals surface area contributed by atoms with E-state index in [1.807, 2.05) is 11.9 Å². The van der Waals surface area contributed by atoms with Crippen molar-refractivity contribution in [3.05, 3.63) is 89.6 Å². The Morgan fingerprint density at radius 2 is 1.71 bits per heavy atom. The van der Waals surface area contributed by atoms with Gasteiger partial charge in [0.05, 0.1) is 22.3 Å². The van der Waals surface area contributed by atoms with Crippen LogP contribution in [0.1, 0.15) is 21.5 Å². The highest BCUT2D eigenvalue weighted by atomic mass is 32.2. The second-order valence-electron chi connectivity index (χ2n) is 10.1. The smallest absolute Gasteiger partial charge is 0.322 e. The highest BCUT2D eigenvalue weighted by Gasteiger charge is 2.34. The molecule has 0 unspecified atom stereocenters. The summed E-state index contributed by atoms with van der Waals surface area (Å²) in [6.45, 7) is 3.07. The third-order valence-electron chi connectivity index (χ3n) is 7.01. The molecule has 0 aliphatic carbocycles. The lowest BCUT2D eigenvalue weighted by Crippen LogP contribution is -2.44. The number of nitrogens with zero attached hydrogens (tertiary/aromatic N) is 5. The molecule has 14 heteroatoms. The van der Waals surface area contributed by atoms with Crippen molar-refractivity contribution in [2.24, 2.45) is 5.14 Å². The molecule has 3 aromatic carbocycles. The first-order valence-corrected chi connectivity index (χ1v) is 14.5. The van der Waals surface area contributed by atoms with Gasteiger partial charge < -0.3 is 10.2 Å². The van der Waals surface area contributed by atoms with Crippen molar-refractivity contribution >= 4 is 21.6 Å². The number of halogens is 3. The predicted octanol–water partition coefficient (Wildman–Crippen LogP) is 3.60. The van der Waals surface area contributed by atoms with Crippen LogP contribution in [0, 0.1) is 0 Å². The molecule has 1 fully saturated rings. The van der Waals surface area contributed by atoms with Gasteiger partial charge in [0.15, 0.2) is 0 Å². The second-order valence-corrected chi connectivity index (χ2v) is 11.6. The van der Waals surface area contributed by atoms with Crippen LogP contribution in [-0.2, 0) is 22.7 Å². The molecule has 1 aromatic heterocycles. The van der Waals surface area contributed by atoms with E-state index in [4.69, 9.17) is 5.14 Å². The summed E-state index contributed by atoms with van der Waals surface area (Å²) in [6.07, 6.45) is -3.00. The molecule has 4 aromatic rings. The molecular weight excluding hydrogens is 571 g/mol. The Labute approximate surface area is 240 Å². The number of carbonyl (C=O) groups excluding carboxylic acids is 1. The Kier molecular flexibility index (Phi) is 8.14. The number of rotatable bonds is 7. The molecular formula is C28H28F3N7O3S. The zero-order chi connectivity index (χ0) is 30.1. The highest BCUT2D eigenvalue weighted by Crippen LogP contribution is 2.34. The fourth-order valence-corrected chi connectivity index (χ4v) is 5.15. The average Bonchev–Trinajstić information content (AvgIpc) is 3.44. The van der Waals surface area contributed by atoms with Gasteiger partial charge in [0.1, 0.15) is 5.69 Å². The number of amides is 1. The zero-order valence-corrected chi connectivity index (χ0v) is 23.4. The minimum absolute atomic E-state index is 0.0398. The number of hydrogen-bond donors (Lipinski definition) is 2. The Morgan fingerprint density at radius 1 is 1.00 bits per heavy atom. The topological polar surface area (TPSA) is 126 Å². The van der Waals surface area contributed by atoms with Crippen LogP contribution in [-0.4, -0.2) is 72.3 Å². The van der Waals surface area contributed by atoms with Gasteiger partial charge in [-0.2, -0.15) is 13.2 Å². The molecule has 1 saturated heterocycles. The first-order chi connectivity index (χ1) is 19.9. The fraction of sp³-hybridized carbons (Fsp3) is 0.250. The van der Waals surface area contributed by atoms with Crippen LogP contribution >= 0.6 is 0 Å². The number of aromatic nitrogens is 3. The van der Waals surface area contributed by atoms with Gasteiger partial charge in [-0.25, -0.2) is 18.2 Å². The number of likely N-dealkylation sites (N-methyl/N-ethyl adjacent to an activating group) is 1. The van der Waals surface area contributed by atoms with Crippen LogP contribution < -0.4 is 10.5 Å². The lowest BCUT2D eigenvalue weighted by Gasteiger charge is -2.33. The summed E-state index contributed by atoms with van der Waals surface area (Å²) in [5.41, 5.74) is 1.16.